The Balaban J connectivity index is 2.71. The highest BCUT2D eigenvalue weighted by molar-refractivity contribution is 5.92. The summed E-state index contributed by atoms with van der Waals surface area (Å²) in [5.74, 6) is 0.137. The van der Waals surface area contributed by atoms with E-state index >= 15 is 0 Å². The van der Waals surface area contributed by atoms with Crippen molar-refractivity contribution in [3.63, 3.8) is 0 Å². The van der Waals surface area contributed by atoms with Crippen LogP contribution in [-0.4, -0.2) is 5.91 Å². The zero-order valence-electron chi connectivity index (χ0n) is 6.26. The lowest BCUT2D eigenvalue weighted by molar-refractivity contribution is -0.115. The Labute approximate surface area is 61.1 Å². The number of amides is 1. The molecule has 0 bridgehead atoms. The molecule has 2 nitrogen and oxygen atoms in total. The van der Waals surface area contributed by atoms with E-state index in [1.54, 1.807) is 0 Å². The van der Waals surface area contributed by atoms with Crippen molar-refractivity contribution >= 4 is 5.91 Å². The topological polar surface area (TPSA) is 43.1 Å². The fourth-order valence-electron chi connectivity index (χ4n) is 1.38. The van der Waals surface area contributed by atoms with Gasteiger partial charge in [0, 0.05) is 5.57 Å². The van der Waals surface area contributed by atoms with Gasteiger partial charge in [-0.05, 0) is 25.2 Å². The van der Waals surface area contributed by atoms with E-state index in [1.807, 2.05) is 6.08 Å². The van der Waals surface area contributed by atoms with Crippen LogP contribution in [0.15, 0.2) is 11.6 Å². The van der Waals surface area contributed by atoms with Gasteiger partial charge in [0.05, 0.1) is 0 Å². The average Bonchev–Trinajstić information content (AvgIpc) is 1.88. The molecule has 0 aromatic carbocycles. The zero-order valence-corrected chi connectivity index (χ0v) is 6.26. The van der Waals surface area contributed by atoms with E-state index in [0.29, 0.717) is 5.92 Å². The summed E-state index contributed by atoms with van der Waals surface area (Å²) < 4.78 is 0. The average molecular weight is 139 g/mol. The van der Waals surface area contributed by atoms with Crippen LogP contribution in [0.4, 0.5) is 0 Å². The number of hydrogen-bond acceptors (Lipinski definition) is 1. The molecule has 1 amide bonds. The summed E-state index contributed by atoms with van der Waals surface area (Å²) in [5, 5.41) is 0. The summed E-state index contributed by atoms with van der Waals surface area (Å²) in [6.07, 6.45) is 5.28. The molecular formula is C8H13NO. The Morgan fingerprint density at radius 1 is 1.80 bits per heavy atom. The molecule has 1 rings (SSSR count). The van der Waals surface area contributed by atoms with Crippen molar-refractivity contribution in [1.29, 1.82) is 0 Å². The second-order valence-corrected chi connectivity index (χ2v) is 2.86. The van der Waals surface area contributed by atoms with Crippen LogP contribution in [-0.2, 0) is 4.79 Å². The van der Waals surface area contributed by atoms with Crippen LogP contribution in [0.2, 0.25) is 0 Å². The predicted octanol–water partition coefficient (Wildman–Crippen LogP) is 1.22. The van der Waals surface area contributed by atoms with Crippen molar-refractivity contribution in [2.24, 2.45) is 11.7 Å². The lowest BCUT2D eigenvalue weighted by atomic mass is 9.89. The number of allylic oxidation sites excluding steroid dienone is 1. The first-order valence-corrected chi connectivity index (χ1v) is 3.71. The third-order valence-corrected chi connectivity index (χ3v) is 2.02. The summed E-state index contributed by atoms with van der Waals surface area (Å²) in [5.41, 5.74) is 5.98. The second kappa shape index (κ2) is 2.86. The highest BCUT2D eigenvalue weighted by Gasteiger charge is 2.16. The van der Waals surface area contributed by atoms with E-state index in [4.69, 9.17) is 5.73 Å². The van der Waals surface area contributed by atoms with Crippen LogP contribution in [0, 0.1) is 5.92 Å². The van der Waals surface area contributed by atoms with Crippen molar-refractivity contribution in [2.45, 2.75) is 26.2 Å². The van der Waals surface area contributed by atoms with Crippen LogP contribution < -0.4 is 5.73 Å². The Hall–Kier alpha value is -0.790. The van der Waals surface area contributed by atoms with E-state index in [-0.39, 0.29) is 5.91 Å². The SMILES string of the molecule is CC1CCCC=C1C(N)=O. The lowest BCUT2D eigenvalue weighted by Gasteiger charge is -2.16. The molecule has 0 fully saturated rings. The minimum absolute atomic E-state index is 0.243. The van der Waals surface area contributed by atoms with Crippen molar-refractivity contribution in [1.82, 2.24) is 0 Å². The van der Waals surface area contributed by atoms with Gasteiger partial charge in [-0.2, -0.15) is 0 Å². The molecule has 2 heteroatoms. The quantitative estimate of drug-likeness (QED) is 0.583. The Morgan fingerprint density at radius 2 is 2.50 bits per heavy atom. The molecule has 2 N–H and O–H groups in total. The molecule has 0 aliphatic heterocycles. The molecule has 1 aliphatic rings. The molecule has 56 valence electrons. The smallest absolute Gasteiger partial charge is 0.244 e. The molecule has 1 aliphatic carbocycles. The molecule has 0 radical (unpaired) electrons. The van der Waals surface area contributed by atoms with Gasteiger partial charge in [0.15, 0.2) is 0 Å². The Bertz CT molecular complexity index is 172. The monoisotopic (exact) mass is 139 g/mol. The number of carbonyl (C=O) groups excluding carboxylic acids is 1. The van der Waals surface area contributed by atoms with Gasteiger partial charge in [0.2, 0.25) is 5.91 Å². The Kier molecular flexibility index (Phi) is 2.10. The standard InChI is InChI=1S/C8H13NO/c1-6-4-2-3-5-7(6)8(9)10/h5-6H,2-4H2,1H3,(H2,9,10). The molecular weight excluding hydrogens is 126 g/mol. The van der Waals surface area contributed by atoms with Crippen molar-refractivity contribution in [3.05, 3.63) is 11.6 Å². The highest BCUT2D eigenvalue weighted by Crippen LogP contribution is 2.23. The number of primary amides is 1. The van der Waals surface area contributed by atoms with E-state index in [9.17, 15) is 4.79 Å². The number of nitrogens with two attached hydrogens (primary N) is 1. The van der Waals surface area contributed by atoms with Crippen molar-refractivity contribution in [2.75, 3.05) is 0 Å². The maximum Gasteiger partial charge on any atom is 0.244 e. The summed E-state index contributed by atoms with van der Waals surface area (Å²) >= 11 is 0. The van der Waals surface area contributed by atoms with Gasteiger partial charge >= 0.3 is 0 Å². The van der Waals surface area contributed by atoms with Crippen molar-refractivity contribution < 1.29 is 4.79 Å². The summed E-state index contributed by atoms with van der Waals surface area (Å²) in [4.78, 5) is 10.7. The van der Waals surface area contributed by atoms with Crippen LogP contribution in [0.3, 0.4) is 0 Å². The third kappa shape index (κ3) is 1.38. The summed E-state index contributed by atoms with van der Waals surface area (Å²) in [7, 11) is 0. The van der Waals surface area contributed by atoms with E-state index in [1.165, 1.54) is 6.42 Å². The first kappa shape index (κ1) is 7.32. The molecule has 0 spiro atoms. The number of carbonyl (C=O) groups is 1. The van der Waals surface area contributed by atoms with Gasteiger partial charge in [-0.3, -0.25) is 4.79 Å². The van der Waals surface area contributed by atoms with Gasteiger partial charge in [-0.15, -0.1) is 0 Å². The van der Waals surface area contributed by atoms with Gasteiger partial charge in [-0.25, -0.2) is 0 Å². The van der Waals surface area contributed by atoms with Gasteiger partial charge in [0.25, 0.3) is 0 Å². The molecule has 1 unspecified atom stereocenters. The minimum Gasteiger partial charge on any atom is -0.366 e. The lowest BCUT2D eigenvalue weighted by Crippen LogP contribution is -2.20. The first-order valence-electron chi connectivity index (χ1n) is 3.71. The van der Waals surface area contributed by atoms with Gasteiger partial charge < -0.3 is 5.73 Å². The normalized spacial score (nSPS) is 25.7. The fourth-order valence-corrected chi connectivity index (χ4v) is 1.38. The minimum atomic E-state index is -0.243. The number of hydrogen-bond donors (Lipinski definition) is 1. The second-order valence-electron chi connectivity index (χ2n) is 2.86. The van der Waals surface area contributed by atoms with Crippen LogP contribution in [0.25, 0.3) is 0 Å². The van der Waals surface area contributed by atoms with Gasteiger partial charge in [-0.1, -0.05) is 13.0 Å². The zero-order chi connectivity index (χ0) is 7.56. The van der Waals surface area contributed by atoms with Gasteiger partial charge in [0.1, 0.15) is 0 Å². The molecule has 0 saturated carbocycles. The molecule has 1 atom stereocenters. The summed E-state index contributed by atoms with van der Waals surface area (Å²) in [6, 6.07) is 0. The predicted molar refractivity (Wildman–Crippen MR) is 40.3 cm³/mol. The fraction of sp³-hybridized carbons (Fsp3) is 0.625. The van der Waals surface area contributed by atoms with Crippen LogP contribution >= 0.6 is 0 Å². The largest absolute Gasteiger partial charge is 0.366 e. The molecule has 0 aromatic heterocycles. The number of rotatable bonds is 1. The van der Waals surface area contributed by atoms with Crippen LogP contribution in [0.1, 0.15) is 26.2 Å². The van der Waals surface area contributed by atoms with Crippen LogP contribution in [0.5, 0.6) is 0 Å². The highest BCUT2D eigenvalue weighted by atomic mass is 16.1. The molecule has 0 heterocycles. The third-order valence-electron chi connectivity index (χ3n) is 2.02. The molecule has 0 saturated heterocycles. The van der Waals surface area contributed by atoms with E-state index in [2.05, 4.69) is 6.92 Å². The molecule has 10 heavy (non-hydrogen) atoms. The van der Waals surface area contributed by atoms with Crippen molar-refractivity contribution in [3.8, 4) is 0 Å². The molecule has 0 aromatic rings. The Morgan fingerprint density at radius 3 is 2.90 bits per heavy atom. The van der Waals surface area contributed by atoms with E-state index in [0.717, 1.165) is 18.4 Å². The first-order chi connectivity index (χ1) is 4.72. The maximum absolute atomic E-state index is 10.7. The summed E-state index contributed by atoms with van der Waals surface area (Å²) in [6.45, 7) is 2.05. The maximum atomic E-state index is 10.7. The van der Waals surface area contributed by atoms with E-state index < -0.39 is 0 Å².